The van der Waals surface area contributed by atoms with E-state index in [2.05, 4.69) is 10.3 Å². The number of anilines is 3. The molecule has 0 saturated heterocycles. The molecule has 0 aliphatic rings. The topological polar surface area (TPSA) is 45.2 Å². The van der Waals surface area contributed by atoms with Crippen molar-refractivity contribution >= 4 is 23.1 Å². The van der Waals surface area contributed by atoms with Gasteiger partial charge in [-0.2, -0.15) is 13.2 Å². The predicted molar refractivity (Wildman–Crippen MR) is 98.1 cm³/mol. The van der Waals surface area contributed by atoms with Crippen LogP contribution in [0.2, 0.25) is 0 Å². The summed E-state index contributed by atoms with van der Waals surface area (Å²) in [5.74, 6) is 0.140. The van der Waals surface area contributed by atoms with Gasteiger partial charge in [-0.1, -0.05) is 18.2 Å². The first-order chi connectivity index (χ1) is 12.8. The average Bonchev–Trinajstić information content (AvgIpc) is 2.68. The minimum absolute atomic E-state index is 0.280. The molecule has 27 heavy (non-hydrogen) atoms. The standard InChI is InChI=1S/C20H16F3N3O/c1-26(17-5-3-2-4-6-17)18-13-14(11-12-24-18)19(27)25-16-9-7-15(8-10-16)20(21,22)23/h2-13H,1H3,(H,25,27). The summed E-state index contributed by atoms with van der Waals surface area (Å²) in [5, 5.41) is 2.59. The van der Waals surface area contributed by atoms with Crippen LogP contribution in [0.15, 0.2) is 72.9 Å². The summed E-state index contributed by atoms with van der Waals surface area (Å²) in [4.78, 5) is 18.5. The van der Waals surface area contributed by atoms with Crippen molar-refractivity contribution in [1.82, 2.24) is 4.98 Å². The highest BCUT2D eigenvalue weighted by molar-refractivity contribution is 6.04. The molecular weight excluding hydrogens is 355 g/mol. The van der Waals surface area contributed by atoms with Crippen LogP contribution in [0.5, 0.6) is 0 Å². The molecule has 1 N–H and O–H groups in total. The van der Waals surface area contributed by atoms with E-state index in [0.29, 0.717) is 11.4 Å². The molecule has 7 heteroatoms. The highest BCUT2D eigenvalue weighted by Gasteiger charge is 2.30. The van der Waals surface area contributed by atoms with Crippen molar-refractivity contribution in [2.75, 3.05) is 17.3 Å². The zero-order valence-electron chi connectivity index (χ0n) is 14.4. The summed E-state index contributed by atoms with van der Waals surface area (Å²) < 4.78 is 37.8. The van der Waals surface area contributed by atoms with Gasteiger partial charge in [-0.25, -0.2) is 4.98 Å². The first-order valence-electron chi connectivity index (χ1n) is 8.08. The van der Waals surface area contributed by atoms with Crippen LogP contribution in [0.4, 0.5) is 30.4 Å². The molecule has 0 spiro atoms. The minimum atomic E-state index is -4.41. The Bertz CT molecular complexity index is 925. The third-order valence-electron chi connectivity index (χ3n) is 3.96. The molecule has 0 bridgehead atoms. The van der Waals surface area contributed by atoms with Gasteiger partial charge in [0.05, 0.1) is 5.56 Å². The summed E-state index contributed by atoms with van der Waals surface area (Å²) in [7, 11) is 1.83. The number of hydrogen-bond acceptors (Lipinski definition) is 3. The van der Waals surface area contributed by atoms with Crippen LogP contribution in [0, 0.1) is 0 Å². The van der Waals surface area contributed by atoms with E-state index >= 15 is 0 Å². The number of rotatable bonds is 4. The maximum absolute atomic E-state index is 12.6. The number of benzene rings is 2. The Morgan fingerprint density at radius 1 is 1.00 bits per heavy atom. The second-order valence-electron chi connectivity index (χ2n) is 5.83. The van der Waals surface area contributed by atoms with Gasteiger partial charge in [0.2, 0.25) is 0 Å². The molecule has 0 unspecified atom stereocenters. The van der Waals surface area contributed by atoms with Gasteiger partial charge in [0, 0.05) is 30.2 Å². The number of carbonyl (C=O) groups is 1. The summed E-state index contributed by atoms with van der Waals surface area (Å²) in [5.41, 5.74) is 0.770. The van der Waals surface area contributed by atoms with E-state index in [0.717, 1.165) is 17.8 Å². The van der Waals surface area contributed by atoms with Gasteiger partial charge in [0.15, 0.2) is 0 Å². The molecule has 4 nitrogen and oxygen atoms in total. The van der Waals surface area contributed by atoms with Crippen LogP contribution in [-0.2, 0) is 6.18 Å². The molecule has 0 fully saturated rings. The molecule has 1 heterocycles. The predicted octanol–water partition coefficient (Wildman–Crippen LogP) is 5.12. The van der Waals surface area contributed by atoms with Gasteiger partial charge in [0.1, 0.15) is 5.82 Å². The highest BCUT2D eigenvalue weighted by Crippen LogP contribution is 2.30. The van der Waals surface area contributed by atoms with Gasteiger partial charge < -0.3 is 10.2 Å². The number of nitrogens with zero attached hydrogens (tertiary/aromatic N) is 2. The largest absolute Gasteiger partial charge is 0.416 e. The lowest BCUT2D eigenvalue weighted by molar-refractivity contribution is -0.137. The van der Waals surface area contributed by atoms with Crippen molar-refractivity contribution in [2.24, 2.45) is 0 Å². The van der Waals surface area contributed by atoms with E-state index in [-0.39, 0.29) is 5.69 Å². The molecule has 1 amide bonds. The number of nitrogens with one attached hydrogen (secondary N) is 1. The minimum Gasteiger partial charge on any atom is -0.329 e. The zero-order valence-corrected chi connectivity index (χ0v) is 14.4. The van der Waals surface area contributed by atoms with Gasteiger partial charge in [-0.05, 0) is 48.5 Å². The molecule has 0 aliphatic carbocycles. The summed E-state index contributed by atoms with van der Waals surface area (Å²) in [6.07, 6.45) is -2.90. The molecule has 3 rings (SSSR count). The van der Waals surface area contributed by atoms with Crippen molar-refractivity contribution in [2.45, 2.75) is 6.18 Å². The first kappa shape index (κ1) is 18.4. The number of amides is 1. The van der Waals surface area contributed by atoms with Gasteiger partial charge in [0.25, 0.3) is 5.91 Å². The SMILES string of the molecule is CN(c1ccccc1)c1cc(C(=O)Nc2ccc(C(F)(F)F)cc2)ccn1. The number of alkyl halides is 3. The maximum Gasteiger partial charge on any atom is 0.416 e. The summed E-state index contributed by atoms with van der Waals surface area (Å²) in [6, 6.07) is 17.0. The fourth-order valence-electron chi connectivity index (χ4n) is 2.47. The van der Waals surface area contributed by atoms with E-state index in [4.69, 9.17) is 0 Å². The lowest BCUT2D eigenvalue weighted by Gasteiger charge is -2.18. The van der Waals surface area contributed by atoms with Crippen molar-refractivity contribution < 1.29 is 18.0 Å². The fourth-order valence-corrected chi connectivity index (χ4v) is 2.47. The van der Waals surface area contributed by atoms with Gasteiger partial charge in [-0.3, -0.25) is 4.79 Å². The average molecular weight is 371 g/mol. The van der Waals surface area contributed by atoms with Crippen LogP contribution < -0.4 is 10.2 Å². The maximum atomic E-state index is 12.6. The Labute approximate surface area is 154 Å². The monoisotopic (exact) mass is 371 g/mol. The molecule has 0 radical (unpaired) electrons. The molecule has 0 saturated carbocycles. The number of carbonyl (C=O) groups excluding carboxylic acids is 1. The van der Waals surface area contributed by atoms with Gasteiger partial charge in [-0.15, -0.1) is 0 Å². The number of hydrogen-bond donors (Lipinski definition) is 1. The number of pyridine rings is 1. The first-order valence-corrected chi connectivity index (χ1v) is 8.08. The fraction of sp³-hybridized carbons (Fsp3) is 0.100. The van der Waals surface area contributed by atoms with E-state index in [1.54, 1.807) is 12.1 Å². The lowest BCUT2D eigenvalue weighted by Crippen LogP contribution is -2.15. The zero-order chi connectivity index (χ0) is 19.4. The van der Waals surface area contributed by atoms with Crippen LogP contribution in [0.25, 0.3) is 0 Å². The molecule has 138 valence electrons. The van der Waals surface area contributed by atoms with E-state index in [9.17, 15) is 18.0 Å². The van der Waals surface area contributed by atoms with E-state index < -0.39 is 17.6 Å². The Kier molecular flexibility index (Phi) is 5.12. The third kappa shape index (κ3) is 4.44. The van der Waals surface area contributed by atoms with Gasteiger partial charge >= 0.3 is 6.18 Å². The molecule has 2 aromatic carbocycles. The third-order valence-corrected chi connectivity index (χ3v) is 3.96. The number of aromatic nitrogens is 1. The second-order valence-corrected chi connectivity index (χ2v) is 5.83. The molecule has 0 atom stereocenters. The molecular formula is C20H16F3N3O. The molecule has 1 aromatic heterocycles. The van der Waals surface area contributed by atoms with Crippen molar-refractivity contribution in [1.29, 1.82) is 0 Å². The Morgan fingerprint density at radius 2 is 1.67 bits per heavy atom. The van der Waals surface area contributed by atoms with E-state index in [1.165, 1.54) is 18.3 Å². The molecule has 3 aromatic rings. The van der Waals surface area contributed by atoms with Crippen LogP contribution in [-0.4, -0.2) is 17.9 Å². The van der Waals surface area contributed by atoms with Crippen LogP contribution in [0.3, 0.4) is 0 Å². The van der Waals surface area contributed by atoms with E-state index in [1.807, 2.05) is 42.3 Å². The highest BCUT2D eigenvalue weighted by atomic mass is 19.4. The van der Waals surface area contributed by atoms with Crippen LogP contribution >= 0.6 is 0 Å². The van der Waals surface area contributed by atoms with Crippen molar-refractivity contribution in [3.63, 3.8) is 0 Å². The Morgan fingerprint density at radius 3 is 2.30 bits per heavy atom. The second kappa shape index (κ2) is 7.49. The van der Waals surface area contributed by atoms with Crippen molar-refractivity contribution in [3.05, 3.63) is 84.1 Å². The summed E-state index contributed by atoms with van der Waals surface area (Å²) >= 11 is 0. The normalized spacial score (nSPS) is 11.1. The number of para-hydroxylation sites is 1. The Hall–Kier alpha value is -3.35. The smallest absolute Gasteiger partial charge is 0.329 e. The molecule has 0 aliphatic heterocycles. The van der Waals surface area contributed by atoms with Crippen LogP contribution in [0.1, 0.15) is 15.9 Å². The quantitative estimate of drug-likeness (QED) is 0.692. The lowest BCUT2D eigenvalue weighted by atomic mass is 10.2. The van der Waals surface area contributed by atoms with Crippen molar-refractivity contribution in [3.8, 4) is 0 Å². The Balaban J connectivity index is 1.76. The number of halogens is 3. The summed E-state index contributed by atoms with van der Waals surface area (Å²) in [6.45, 7) is 0.